The lowest BCUT2D eigenvalue weighted by Crippen LogP contribution is -2.53. The average molecular weight is 372 g/mol. The van der Waals surface area contributed by atoms with Crippen LogP contribution in [-0.4, -0.2) is 53.6 Å². The summed E-state index contributed by atoms with van der Waals surface area (Å²) in [6.07, 6.45) is 3.72. The highest BCUT2D eigenvalue weighted by atomic mass is 16.5. The maximum Gasteiger partial charge on any atom is 0.317 e. The van der Waals surface area contributed by atoms with Gasteiger partial charge < -0.3 is 19.7 Å². The molecular formula is C20H28N4O3. The summed E-state index contributed by atoms with van der Waals surface area (Å²) in [5, 5.41) is 7.14. The Labute approximate surface area is 160 Å². The molecule has 2 amide bonds. The van der Waals surface area contributed by atoms with Crippen molar-refractivity contribution in [3.05, 3.63) is 47.3 Å². The molecule has 0 saturated carbocycles. The van der Waals surface area contributed by atoms with E-state index >= 15 is 0 Å². The summed E-state index contributed by atoms with van der Waals surface area (Å²) >= 11 is 0. The van der Waals surface area contributed by atoms with Gasteiger partial charge >= 0.3 is 6.03 Å². The monoisotopic (exact) mass is 372 g/mol. The number of amides is 2. The van der Waals surface area contributed by atoms with E-state index in [4.69, 9.17) is 9.47 Å². The fourth-order valence-electron chi connectivity index (χ4n) is 3.37. The molecule has 1 aliphatic rings. The first-order valence-electron chi connectivity index (χ1n) is 9.23. The van der Waals surface area contributed by atoms with E-state index in [0.29, 0.717) is 32.8 Å². The number of aromatic nitrogens is 2. The number of aryl methyl sites for hydroxylation is 3. The number of ether oxygens (including phenoxy) is 2. The molecule has 0 bridgehead atoms. The molecule has 146 valence electrons. The van der Waals surface area contributed by atoms with Gasteiger partial charge in [0, 0.05) is 25.4 Å². The predicted octanol–water partition coefficient (Wildman–Crippen LogP) is 2.37. The van der Waals surface area contributed by atoms with Crippen LogP contribution in [0.3, 0.4) is 0 Å². The largest absolute Gasteiger partial charge is 0.492 e. The summed E-state index contributed by atoms with van der Waals surface area (Å²) in [4.78, 5) is 14.3. The highest BCUT2D eigenvalue weighted by molar-refractivity contribution is 5.74. The van der Waals surface area contributed by atoms with Crippen LogP contribution >= 0.6 is 0 Å². The third-order valence-electron chi connectivity index (χ3n) is 4.72. The third kappa shape index (κ3) is 4.80. The van der Waals surface area contributed by atoms with E-state index in [1.54, 1.807) is 15.8 Å². The number of morpholine rings is 1. The van der Waals surface area contributed by atoms with Crippen LogP contribution in [0, 0.1) is 13.8 Å². The summed E-state index contributed by atoms with van der Waals surface area (Å²) in [7, 11) is 1.87. The minimum absolute atomic E-state index is 0.0996. The molecule has 1 N–H and O–H groups in total. The number of nitrogens with one attached hydrogen (secondary N) is 1. The molecule has 1 fully saturated rings. The maximum absolute atomic E-state index is 12.5. The van der Waals surface area contributed by atoms with Crippen molar-refractivity contribution in [2.45, 2.75) is 26.4 Å². The molecule has 1 aromatic carbocycles. The van der Waals surface area contributed by atoms with Gasteiger partial charge in [0.25, 0.3) is 0 Å². The van der Waals surface area contributed by atoms with Crippen molar-refractivity contribution < 1.29 is 14.3 Å². The number of hydrogen-bond donors (Lipinski definition) is 1. The normalized spacial score (nSPS) is 19.8. The first kappa shape index (κ1) is 19.2. The van der Waals surface area contributed by atoms with E-state index in [2.05, 4.69) is 16.5 Å². The van der Waals surface area contributed by atoms with Crippen LogP contribution in [0.5, 0.6) is 5.75 Å². The van der Waals surface area contributed by atoms with Gasteiger partial charge in [0.2, 0.25) is 0 Å². The lowest BCUT2D eigenvalue weighted by Gasteiger charge is -2.40. The predicted molar refractivity (Wildman–Crippen MR) is 103 cm³/mol. The number of benzene rings is 1. The lowest BCUT2D eigenvalue weighted by atomic mass is 9.97. The highest BCUT2D eigenvalue weighted by Crippen LogP contribution is 2.29. The molecule has 1 saturated heterocycles. The van der Waals surface area contributed by atoms with Crippen LogP contribution in [0.4, 0.5) is 4.79 Å². The standard InChI is InChI=1S/C20H28N4O3/c1-15-9-16(2)11-18(10-15)26-7-5-21-19(25)24-6-8-27-20(3,14-24)17-12-22-23(4)13-17/h9-13H,5-8,14H2,1-4H3,(H,21,25). The van der Waals surface area contributed by atoms with E-state index in [1.165, 1.54) is 0 Å². The second-order valence-electron chi connectivity index (χ2n) is 7.31. The number of carbonyl (C=O) groups excluding carboxylic acids is 1. The van der Waals surface area contributed by atoms with Gasteiger partial charge in [0.05, 0.1) is 25.9 Å². The van der Waals surface area contributed by atoms with E-state index in [1.807, 2.05) is 46.1 Å². The SMILES string of the molecule is Cc1cc(C)cc(OCCNC(=O)N2CCOC(C)(c3cnn(C)c3)C2)c1. The molecule has 0 aliphatic carbocycles. The van der Waals surface area contributed by atoms with Crippen LogP contribution in [0.25, 0.3) is 0 Å². The van der Waals surface area contributed by atoms with E-state index in [0.717, 1.165) is 22.4 Å². The van der Waals surface area contributed by atoms with Crippen molar-refractivity contribution in [2.24, 2.45) is 7.05 Å². The molecule has 27 heavy (non-hydrogen) atoms. The molecule has 1 aliphatic heterocycles. The topological polar surface area (TPSA) is 68.6 Å². The van der Waals surface area contributed by atoms with Crippen molar-refractivity contribution in [2.75, 3.05) is 32.8 Å². The Morgan fingerprint density at radius 1 is 1.33 bits per heavy atom. The number of rotatable bonds is 5. The van der Waals surface area contributed by atoms with Gasteiger partial charge in [-0.15, -0.1) is 0 Å². The van der Waals surface area contributed by atoms with Gasteiger partial charge in [-0.3, -0.25) is 4.68 Å². The van der Waals surface area contributed by atoms with Crippen LogP contribution in [-0.2, 0) is 17.4 Å². The van der Waals surface area contributed by atoms with E-state index in [9.17, 15) is 4.79 Å². The zero-order valence-corrected chi connectivity index (χ0v) is 16.5. The third-order valence-corrected chi connectivity index (χ3v) is 4.72. The quantitative estimate of drug-likeness (QED) is 0.818. The van der Waals surface area contributed by atoms with Crippen LogP contribution in [0.1, 0.15) is 23.6 Å². The molecule has 7 heteroatoms. The van der Waals surface area contributed by atoms with Gasteiger partial charge in [-0.2, -0.15) is 5.10 Å². The number of nitrogens with zero attached hydrogens (tertiary/aromatic N) is 3. The Balaban J connectivity index is 1.49. The van der Waals surface area contributed by atoms with Crippen molar-refractivity contribution in [1.29, 1.82) is 0 Å². The second kappa shape index (κ2) is 8.00. The zero-order valence-electron chi connectivity index (χ0n) is 16.5. The minimum Gasteiger partial charge on any atom is -0.492 e. The molecule has 2 heterocycles. The Morgan fingerprint density at radius 3 is 2.74 bits per heavy atom. The summed E-state index contributed by atoms with van der Waals surface area (Å²) in [6, 6.07) is 6.00. The Morgan fingerprint density at radius 2 is 2.07 bits per heavy atom. The summed E-state index contributed by atoms with van der Waals surface area (Å²) < 4.78 is 13.4. The molecule has 0 spiro atoms. The zero-order chi connectivity index (χ0) is 19.4. The van der Waals surface area contributed by atoms with Gasteiger partial charge in [0.1, 0.15) is 18.0 Å². The highest BCUT2D eigenvalue weighted by Gasteiger charge is 2.36. The van der Waals surface area contributed by atoms with Crippen molar-refractivity contribution >= 4 is 6.03 Å². The lowest BCUT2D eigenvalue weighted by molar-refractivity contribution is -0.0907. The van der Waals surface area contributed by atoms with Crippen molar-refractivity contribution in [3.63, 3.8) is 0 Å². The van der Waals surface area contributed by atoms with Gasteiger partial charge in [-0.1, -0.05) is 6.07 Å². The fraction of sp³-hybridized carbons (Fsp3) is 0.500. The molecule has 7 nitrogen and oxygen atoms in total. The second-order valence-corrected chi connectivity index (χ2v) is 7.31. The molecule has 1 unspecified atom stereocenters. The number of carbonyl (C=O) groups is 1. The number of hydrogen-bond acceptors (Lipinski definition) is 4. The van der Waals surface area contributed by atoms with Gasteiger partial charge in [-0.25, -0.2) is 4.79 Å². The summed E-state index contributed by atoms with van der Waals surface area (Å²) in [6.45, 7) is 8.51. The Kier molecular flexibility index (Phi) is 5.70. The minimum atomic E-state index is -0.542. The number of urea groups is 1. The molecule has 2 aromatic rings. The first-order valence-corrected chi connectivity index (χ1v) is 9.23. The summed E-state index contributed by atoms with van der Waals surface area (Å²) in [5.41, 5.74) is 2.76. The van der Waals surface area contributed by atoms with Crippen LogP contribution in [0.15, 0.2) is 30.6 Å². The van der Waals surface area contributed by atoms with Gasteiger partial charge in [-0.05, 0) is 44.0 Å². The molecule has 1 aromatic heterocycles. The molecule has 1 atom stereocenters. The van der Waals surface area contributed by atoms with Crippen molar-refractivity contribution in [3.8, 4) is 5.75 Å². The Hall–Kier alpha value is -2.54. The smallest absolute Gasteiger partial charge is 0.317 e. The van der Waals surface area contributed by atoms with Crippen molar-refractivity contribution in [1.82, 2.24) is 20.0 Å². The fourth-order valence-corrected chi connectivity index (χ4v) is 3.37. The maximum atomic E-state index is 12.5. The van der Waals surface area contributed by atoms with Crippen LogP contribution in [0.2, 0.25) is 0 Å². The molecular weight excluding hydrogens is 344 g/mol. The first-order chi connectivity index (χ1) is 12.9. The Bertz CT molecular complexity index is 784. The van der Waals surface area contributed by atoms with Crippen LogP contribution < -0.4 is 10.1 Å². The molecule has 3 rings (SSSR count). The average Bonchev–Trinajstić information content (AvgIpc) is 3.05. The van der Waals surface area contributed by atoms with Gasteiger partial charge in [0.15, 0.2) is 0 Å². The van der Waals surface area contributed by atoms with E-state index < -0.39 is 5.60 Å². The molecule has 0 radical (unpaired) electrons. The summed E-state index contributed by atoms with van der Waals surface area (Å²) in [5.74, 6) is 0.831. The van der Waals surface area contributed by atoms with E-state index in [-0.39, 0.29) is 6.03 Å².